The summed E-state index contributed by atoms with van der Waals surface area (Å²) in [7, 11) is 3.79. The molecule has 0 radical (unpaired) electrons. The molecular formula is C17H29NO. The zero-order chi connectivity index (χ0) is 14.1. The van der Waals surface area contributed by atoms with E-state index in [4.69, 9.17) is 4.74 Å². The van der Waals surface area contributed by atoms with Crippen molar-refractivity contribution in [2.75, 3.05) is 14.2 Å². The maximum Gasteiger partial charge on any atom is 0.118 e. The van der Waals surface area contributed by atoms with Gasteiger partial charge in [0.15, 0.2) is 0 Å². The molecule has 0 fully saturated rings. The zero-order valence-electron chi connectivity index (χ0n) is 12.9. The molecule has 1 aromatic carbocycles. The zero-order valence-corrected chi connectivity index (χ0v) is 12.9. The van der Waals surface area contributed by atoms with Crippen molar-refractivity contribution in [2.45, 2.75) is 52.0 Å². The Hall–Kier alpha value is -1.02. The van der Waals surface area contributed by atoms with Crippen molar-refractivity contribution in [1.29, 1.82) is 0 Å². The van der Waals surface area contributed by atoms with Gasteiger partial charge in [0.2, 0.25) is 0 Å². The Labute approximate surface area is 118 Å². The van der Waals surface area contributed by atoms with Crippen LogP contribution in [0.4, 0.5) is 0 Å². The lowest BCUT2D eigenvalue weighted by Crippen LogP contribution is -2.27. The van der Waals surface area contributed by atoms with Gasteiger partial charge in [0.25, 0.3) is 0 Å². The first-order chi connectivity index (χ1) is 9.19. The van der Waals surface area contributed by atoms with Crippen LogP contribution >= 0.6 is 0 Å². The van der Waals surface area contributed by atoms with Gasteiger partial charge in [0.05, 0.1) is 7.11 Å². The highest BCUT2D eigenvalue weighted by Crippen LogP contribution is 2.17. The molecule has 2 nitrogen and oxygen atoms in total. The van der Waals surface area contributed by atoms with Crippen molar-refractivity contribution in [3.05, 3.63) is 29.8 Å². The summed E-state index contributed by atoms with van der Waals surface area (Å²) in [4.78, 5) is 0. The van der Waals surface area contributed by atoms with Gasteiger partial charge in [0, 0.05) is 6.04 Å². The summed E-state index contributed by atoms with van der Waals surface area (Å²) < 4.78 is 5.18. The van der Waals surface area contributed by atoms with Crippen molar-refractivity contribution in [2.24, 2.45) is 5.92 Å². The number of nitrogens with one attached hydrogen (secondary N) is 1. The first-order valence-corrected chi connectivity index (χ1v) is 7.49. The van der Waals surface area contributed by atoms with E-state index in [0.717, 1.165) is 18.1 Å². The molecule has 0 bridgehead atoms. The molecule has 108 valence electrons. The Morgan fingerprint density at radius 1 is 1.16 bits per heavy atom. The predicted molar refractivity (Wildman–Crippen MR) is 82.9 cm³/mol. The van der Waals surface area contributed by atoms with Crippen molar-refractivity contribution in [3.63, 3.8) is 0 Å². The number of hydrogen-bond donors (Lipinski definition) is 1. The highest BCUT2D eigenvalue weighted by Gasteiger charge is 2.11. The summed E-state index contributed by atoms with van der Waals surface area (Å²) in [6.45, 7) is 4.63. The summed E-state index contributed by atoms with van der Waals surface area (Å²) >= 11 is 0. The number of benzene rings is 1. The standard InChI is InChI=1S/C17H29NO/c1-5-6-14(2)13-16(18-3)10-7-15-8-11-17(19-4)12-9-15/h8-9,11-12,14,16,18H,5-7,10,13H2,1-4H3. The smallest absolute Gasteiger partial charge is 0.118 e. The first kappa shape index (κ1) is 16.0. The second kappa shape index (κ2) is 8.98. The van der Waals surface area contributed by atoms with Crippen LogP contribution in [-0.2, 0) is 6.42 Å². The third-order valence-corrected chi connectivity index (χ3v) is 3.82. The lowest BCUT2D eigenvalue weighted by Gasteiger charge is -2.20. The van der Waals surface area contributed by atoms with E-state index in [1.165, 1.54) is 31.2 Å². The maximum absolute atomic E-state index is 5.18. The van der Waals surface area contributed by atoms with E-state index < -0.39 is 0 Å². The summed E-state index contributed by atoms with van der Waals surface area (Å²) in [5, 5.41) is 3.46. The predicted octanol–water partition coefficient (Wildman–Crippen LogP) is 4.04. The molecule has 1 aromatic rings. The summed E-state index contributed by atoms with van der Waals surface area (Å²) in [6, 6.07) is 9.05. The molecule has 0 spiro atoms. The second-order valence-electron chi connectivity index (χ2n) is 5.50. The Morgan fingerprint density at radius 2 is 1.84 bits per heavy atom. The molecule has 1 N–H and O–H groups in total. The van der Waals surface area contributed by atoms with E-state index in [0.29, 0.717) is 6.04 Å². The van der Waals surface area contributed by atoms with Gasteiger partial charge >= 0.3 is 0 Å². The molecule has 0 aromatic heterocycles. The number of aryl methyl sites for hydroxylation is 1. The van der Waals surface area contributed by atoms with Crippen LogP contribution < -0.4 is 10.1 Å². The van der Waals surface area contributed by atoms with Crippen molar-refractivity contribution in [3.8, 4) is 5.75 Å². The quantitative estimate of drug-likeness (QED) is 0.726. The molecule has 2 atom stereocenters. The molecule has 0 amide bonds. The Kier molecular flexibility index (Phi) is 7.57. The molecule has 0 aliphatic heterocycles. The Balaban J connectivity index is 2.39. The summed E-state index contributed by atoms with van der Waals surface area (Å²) in [5.41, 5.74) is 1.39. The van der Waals surface area contributed by atoms with Crippen LogP contribution in [0.5, 0.6) is 5.75 Å². The molecule has 0 aliphatic rings. The van der Waals surface area contributed by atoms with Crippen LogP contribution in [0.1, 0.15) is 45.1 Å². The Morgan fingerprint density at radius 3 is 2.37 bits per heavy atom. The van der Waals surface area contributed by atoms with Crippen molar-refractivity contribution in [1.82, 2.24) is 5.32 Å². The molecule has 0 saturated carbocycles. The van der Waals surface area contributed by atoms with Gasteiger partial charge in [-0.3, -0.25) is 0 Å². The van der Waals surface area contributed by atoms with E-state index in [2.05, 4.69) is 38.3 Å². The van der Waals surface area contributed by atoms with Gasteiger partial charge in [-0.25, -0.2) is 0 Å². The Bertz CT molecular complexity index is 334. The van der Waals surface area contributed by atoms with Crippen LogP contribution in [0.25, 0.3) is 0 Å². The molecule has 1 rings (SSSR count). The summed E-state index contributed by atoms with van der Waals surface area (Å²) in [5.74, 6) is 1.75. The highest BCUT2D eigenvalue weighted by molar-refractivity contribution is 5.27. The number of rotatable bonds is 9. The van der Waals surface area contributed by atoms with Crippen LogP contribution in [0.3, 0.4) is 0 Å². The highest BCUT2D eigenvalue weighted by atomic mass is 16.5. The molecule has 2 heteroatoms. The van der Waals surface area contributed by atoms with Gasteiger partial charge in [0.1, 0.15) is 5.75 Å². The van der Waals surface area contributed by atoms with E-state index >= 15 is 0 Å². The van der Waals surface area contributed by atoms with Gasteiger partial charge < -0.3 is 10.1 Å². The van der Waals surface area contributed by atoms with E-state index in [9.17, 15) is 0 Å². The van der Waals surface area contributed by atoms with Gasteiger partial charge in [-0.05, 0) is 49.9 Å². The molecule has 2 unspecified atom stereocenters. The first-order valence-electron chi connectivity index (χ1n) is 7.49. The minimum absolute atomic E-state index is 0.628. The largest absolute Gasteiger partial charge is 0.497 e. The fourth-order valence-corrected chi connectivity index (χ4v) is 2.61. The van der Waals surface area contributed by atoms with E-state index in [-0.39, 0.29) is 0 Å². The molecular weight excluding hydrogens is 234 g/mol. The minimum atomic E-state index is 0.628. The van der Waals surface area contributed by atoms with Crippen LogP contribution in [0, 0.1) is 5.92 Å². The van der Waals surface area contributed by atoms with Crippen molar-refractivity contribution < 1.29 is 4.74 Å². The number of methoxy groups -OCH3 is 1. The third-order valence-electron chi connectivity index (χ3n) is 3.82. The number of hydrogen-bond acceptors (Lipinski definition) is 2. The maximum atomic E-state index is 5.18. The monoisotopic (exact) mass is 263 g/mol. The van der Waals surface area contributed by atoms with E-state index in [1.807, 2.05) is 12.1 Å². The SMILES string of the molecule is CCCC(C)CC(CCc1ccc(OC)cc1)NC. The molecule has 19 heavy (non-hydrogen) atoms. The molecule has 0 aliphatic carbocycles. The average Bonchev–Trinajstić information content (AvgIpc) is 2.44. The molecule has 0 saturated heterocycles. The lowest BCUT2D eigenvalue weighted by molar-refractivity contribution is 0.383. The van der Waals surface area contributed by atoms with Gasteiger partial charge in [-0.15, -0.1) is 0 Å². The van der Waals surface area contributed by atoms with Crippen LogP contribution in [0.2, 0.25) is 0 Å². The fraction of sp³-hybridized carbons (Fsp3) is 0.647. The lowest BCUT2D eigenvalue weighted by atomic mass is 9.93. The number of ether oxygens (including phenoxy) is 1. The molecule has 0 heterocycles. The second-order valence-corrected chi connectivity index (χ2v) is 5.50. The average molecular weight is 263 g/mol. The topological polar surface area (TPSA) is 21.3 Å². The van der Waals surface area contributed by atoms with Gasteiger partial charge in [-0.1, -0.05) is 38.8 Å². The summed E-state index contributed by atoms with van der Waals surface area (Å²) in [6.07, 6.45) is 6.24. The normalized spacial score (nSPS) is 14.1. The van der Waals surface area contributed by atoms with Crippen LogP contribution in [-0.4, -0.2) is 20.2 Å². The minimum Gasteiger partial charge on any atom is -0.497 e. The van der Waals surface area contributed by atoms with Crippen LogP contribution in [0.15, 0.2) is 24.3 Å². The van der Waals surface area contributed by atoms with E-state index in [1.54, 1.807) is 7.11 Å². The van der Waals surface area contributed by atoms with Crippen molar-refractivity contribution >= 4 is 0 Å². The third kappa shape index (κ3) is 6.11. The van der Waals surface area contributed by atoms with Gasteiger partial charge in [-0.2, -0.15) is 0 Å². The fourth-order valence-electron chi connectivity index (χ4n) is 2.61.